The predicted molar refractivity (Wildman–Crippen MR) is 26.0 cm³/mol. The van der Waals surface area contributed by atoms with E-state index in [0.717, 1.165) is 0 Å². The van der Waals surface area contributed by atoms with E-state index >= 15 is 0 Å². The van der Waals surface area contributed by atoms with Crippen LogP contribution in [0.1, 0.15) is 0 Å². The van der Waals surface area contributed by atoms with Crippen molar-refractivity contribution in [2.45, 2.75) is 18.3 Å². The van der Waals surface area contributed by atoms with E-state index in [2.05, 4.69) is 0 Å². The fourth-order valence-electron chi connectivity index (χ4n) is 0.680. The van der Waals surface area contributed by atoms with E-state index in [-0.39, 0.29) is 0 Å². The summed E-state index contributed by atoms with van der Waals surface area (Å²) in [5.74, 6) is -0.748. The Morgan fingerprint density at radius 1 is 1.50 bits per heavy atom. The lowest BCUT2D eigenvalue weighted by Gasteiger charge is -2.34. The summed E-state index contributed by atoms with van der Waals surface area (Å²) in [6.07, 6.45) is -4.41. The first-order valence-corrected chi connectivity index (χ1v) is 2.55. The first kappa shape index (κ1) is 7.33. The second-order valence-electron chi connectivity index (χ2n) is 2.05. The van der Waals surface area contributed by atoms with Crippen molar-refractivity contribution in [2.24, 2.45) is 5.73 Å². The van der Waals surface area contributed by atoms with Gasteiger partial charge in [-0.25, -0.2) is 0 Å². The average molecular weight is 154 g/mol. The molecule has 3 nitrogen and oxygen atoms in total. The molecule has 10 heavy (non-hydrogen) atoms. The van der Waals surface area contributed by atoms with Crippen molar-refractivity contribution in [3.63, 3.8) is 0 Å². The third-order valence-corrected chi connectivity index (χ3v) is 1.31. The number of nitrogens with one attached hydrogen (secondary N) is 1. The van der Waals surface area contributed by atoms with Gasteiger partial charge in [0.25, 0.3) is 0 Å². The van der Waals surface area contributed by atoms with Crippen LogP contribution in [0, 0.1) is 0 Å². The molecule has 2 atom stereocenters. The standard InChI is InChI=1S/C4H5F3N2O/c5-4(6,7)2-1(8)3(10)9-2/h1-2H,8H2,(H,9,10)/t1-,2-/m0/s1. The van der Waals surface area contributed by atoms with E-state index < -0.39 is 24.2 Å². The molecule has 1 fully saturated rings. The summed E-state index contributed by atoms with van der Waals surface area (Å²) in [4.78, 5) is 10.2. The number of carbonyl (C=O) groups is 1. The predicted octanol–water partition coefficient (Wildman–Crippen LogP) is -0.626. The SMILES string of the molecule is N[C@@H]1C(=O)N[C@@H]1C(F)(F)F. The highest BCUT2D eigenvalue weighted by atomic mass is 19.4. The summed E-state index contributed by atoms with van der Waals surface area (Å²) in [6.45, 7) is 0. The topological polar surface area (TPSA) is 55.1 Å². The molecule has 1 saturated heterocycles. The number of β-lactam (4-membered cyclic amide) rings is 1. The zero-order chi connectivity index (χ0) is 7.94. The van der Waals surface area contributed by atoms with Gasteiger partial charge in [0.05, 0.1) is 0 Å². The monoisotopic (exact) mass is 154 g/mol. The molecule has 0 aromatic carbocycles. The van der Waals surface area contributed by atoms with E-state index in [1.165, 1.54) is 0 Å². The largest absolute Gasteiger partial charge is 0.410 e. The van der Waals surface area contributed by atoms with Crippen molar-refractivity contribution in [3.05, 3.63) is 0 Å². The molecule has 1 aliphatic heterocycles. The molecule has 6 heteroatoms. The van der Waals surface area contributed by atoms with Crippen molar-refractivity contribution in [1.29, 1.82) is 0 Å². The van der Waals surface area contributed by atoms with Gasteiger partial charge in [0.15, 0.2) is 0 Å². The van der Waals surface area contributed by atoms with Crippen LogP contribution in [0.2, 0.25) is 0 Å². The molecule has 1 heterocycles. The summed E-state index contributed by atoms with van der Waals surface area (Å²) in [5.41, 5.74) is 4.82. The third-order valence-electron chi connectivity index (χ3n) is 1.31. The molecule has 0 spiro atoms. The van der Waals surface area contributed by atoms with Crippen LogP contribution in [0.25, 0.3) is 0 Å². The van der Waals surface area contributed by atoms with Crippen molar-refractivity contribution >= 4 is 5.91 Å². The molecular formula is C4H5F3N2O. The summed E-state index contributed by atoms with van der Waals surface area (Å²) in [6, 6.07) is -3.26. The number of halogens is 3. The molecule has 58 valence electrons. The van der Waals surface area contributed by atoms with Gasteiger partial charge in [-0.05, 0) is 0 Å². The van der Waals surface area contributed by atoms with Crippen LogP contribution in [0.3, 0.4) is 0 Å². The molecule has 1 amide bonds. The molecular weight excluding hydrogens is 149 g/mol. The fraction of sp³-hybridized carbons (Fsp3) is 0.750. The van der Waals surface area contributed by atoms with Crippen LogP contribution in [0.15, 0.2) is 0 Å². The van der Waals surface area contributed by atoms with Crippen LogP contribution >= 0.6 is 0 Å². The summed E-state index contributed by atoms with van der Waals surface area (Å²) < 4.78 is 34.9. The fourth-order valence-corrected chi connectivity index (χ4v) is 0.680. The van der Waals surface area contributed by atoms with E-state index in [0.29, 0.717) is 0 Å². The second-order valence-corrected chi connectivity index (χ2v) is 2.05. The molecule has 0 unspecified atom stereocenters. The van der Waals surface area contributed by atoms with Crippen LogP contribution in [-0.4, -0.2) is 24.2 Å². The van der Waals surface area contributed by atoms with E-state index in [9.17, 15) is 18.0 Å². The Balaban J connectivity index is 2.56. The molecule has 0 radical (unpaired) electrons. The quantitative estimate of drug-likeness (QED) is 0.456. The Labute approximate surface area is 54.4 Å². The minimum Gasteiger partial charge on any atom is -0.341 e. The second kappa shape index (κ2) is 1.85. The number of hydrogen-bond acceptors (Lipinski definition) is 2. The minimum absolute atomic E-state index is 0.748. The number of carbonyl (C=O) groups excluding carboxylic acids is 1. The van der Waals surface area contributed by atoms with Gasteiger partial charge in [-0.15, -0.1) is 0 Å². The van der Waals surface area contributed by atoms with Crippen molar-refractivity contribution in [2.75, 3.05) is 0 Å². The molecule has 0 aromatic heterocycles. The molecule has 1 rings (SSSR count). The van der Waals surface area contributed by atoms with Crippen molar-refractivity contribution in [1.82, 2.24) is 5.32 Å². The van der Waals surface area contributed by atoms with Crippen LogP contribution < -0.4 is 11.1 Å². The lowest BCUT2D eigenvalue weighted by atomic mass is 10.00. The normalized spacial score (nSPS) is 33.0. The Hall–Kier alpha value is -0.780. The molecule has 1 aliphatic rings. The zero-order valence-corrected chi connectivity index (χ0v) is 4.77. The van der Waals surface area contributed by atoms with Gasteiger partial charge in [-0.2, -0.15) is 13.2 Å². The molecule has 0 aromatic rings. The van der Waals surface area contributed by atoms with Gasteiger partial charge >= 0.3 is 6.18 Å². The van der Waals surface area contributed by atoms with Gasteiger partial charge in [-0.1, -0.05) is 0 Å². The van der Waals surface area contributed by atoms with Crippen LogP contribution in [0.5, 0.6) is 0 Å². The molecule has 0 saturated carbocycles. The van der Waals surface area contributed by atoms with Crippen molar-refractivity contribution < 1.29 is 18.0 Å². The lowest BCUT2D eigenvalue weighted by molar-refractivity contribution is -0.184. The minimum atomic E-state index is -4.41. The number of nitrogens with two attached hydrogens (primary N) is 1. The summed E-state index contributed by atoms with van der Waals surface area (Å²) >= 11 is 0. The van der Waals surface area contributed by atoms with E-state index in [4.69, 9.17) is 5.73 Å². The Kier molecular flexibility index (Phi) is 1.36. The third kappa shape index (κ3) is 0.942. The van der Waals surface area contributed by atoms with Crippen LogP contribution in [0.4, 0.5) is 13.2 Å². The Bertz CT molecular complexity index is 166. The summed E-state index contributed by atoms with van der Waals surface area (Å²) in [5, 5.41) is 1.64. The highest BCUT2D eigenvalue weighted by Crippen LogP contribution is 2.25. The number of amides is 1. The van der Waals surface area contributed by atoms with E-state index in [1.807, 2.05) is 0 Å². The maximum atomic E-state index is 11.6. The first-order chi connectivity index (χ1) is 4.43. The van der Waals surface area contributed by atoms with E-state index in [1.54, 1.807) is 5.32 Å². The van der Waals surface area contributed by atoms with Gasteiger partial charge in [0.1, 0.15) is 12.1 Å². The summed E-state index contributed by atoms with van der Waals surface area (Å²) in [7, 11) is 0. The smallest absolute Gasteiger partial charge is 0.341 e. The van der Waals surface area contributed by atoms with Crippen molar-refractivity contribution in [3.8, 4) is 0 Å². The number of hydrogen-bond donors (Lipinski definition) is 2. The average Bonchev–Trinajstić information content (AvgIpc) is 1.79. The van der Waals surface area contributed by atoms with Gasteiger partial charge in [0, 0.05) is 0 Å². The maximum Gasteiger partial charge on any atom is 0.410 e. The highest BCUT2D eigenvalue weighted by molar-refractivity contribution is 5.89. The number of alkyl halides is 3. The molecule has 0 aliphatic carbocycles. The van der Waals surface area contributed by atoms with Gasteiger partial charge < -0.3 is 11.1 Å². The zero-order valence-electron chi connectivity index (χ0n) is 4.77. The Morgan fingerprint density at radius 3 is 2.10 bits per heavy atom. The molecule has 3 N–H and O–H groups in total. The first-order valence-electron chi connectivity index (χ1n) is 2.55. The van der Waals surface area contributed by atoms with Gasteiger partial charge in [-0.3, -0.25) is 4.79 Å². The lowest BCUT2D eigenvalue weighted by Crippen LogP contribution is -2.71. The number of rotatable bonds is 0. The highest BCUT2D eigenvalue weighted by Gasteiger charge is 2.53. The van der Waals surface area contributed by atoms with Gasteiger partial charge in [0.2, 0.25) is 5.91 Å². The van der Waals surface area contributed by atoms with Crippen LogP contribution in [-0.2, 0) is 4.79 Å². The Morgan fingerprint density at radius 2 is 2.00 bits per heavy atom. The maximum absolute atomic E-state index is 11.6. The molecule has 0 bridgehead atoms.